The van der Waals surface area contributed by atoms with Gasteiger partial charge in [0.1, 0.15) is 11.6 Å². The van der Waals surface area contributed by atoms with Gasteiger partial charge in [0, 0.05) is 50.1 Å². The highest BCUT2D eigenvalue weighted by Gasteiger charge is 2.28. The molecule has 1 saturated heterocycles. The highest BCUT2D eigenvalue weighted by molar-refractivity contribution is 7.09. The first-order valence-electron chi connectivity index (χ1n) is 9.18. The van der Waals surface area contributed by atoms with Crippen LogP contribution in [0.3, 0.4) is 0 Å². The first-order chi connectivity index (χ1) is 12.6. The normalized spacial score (nSPS) is 17.6. The number of hydrogen-bond acceptors (Lipinski definition) is 5. The molecule has 3 rings (SSSR count). The monoisotopic (exact) mass is 376 g/mol. The van der Waals surface area contributed by atoms with E-state index in [4.69, 9.17) is 0 Å². The van der Waals surface area contributed by atoms with Gasteiger partial charge in [0.05, 0.1) is 0 Å². The molecule has 1 amide bonds. The lowest BCUT2D eigenvalue weighted by atomic mass is 10.1. The van der Waals surface area contributed by atoms with Crippen LogP contribution >= 0.6 is 11.5 Å². The molecule has 26 heavy (non-hydrogen) atoms. The van der Waals surface area contributed by atoms with E-state index in [-0.39, 0.29) is 17.8 Å². The number of halogens is 1. The zero-order valence-corrected chi connectivity index (χ0v) is 16.1. The van der Waals surface area contributed by atoms with Gasteiger partial charge in [0.15, 0.2) is 0 Å². The number of rotatable bonds is 6. The summed E-state index contributed by atoms with van der Waals surface area (Å²) in [5, 5.41) is 0.898. The second kappa shape index (κ2) is 8.58. The van der Waals surface area contributed by atoms with E-state index < -0.39 is 0 Å². The molecule has 0 radical (unpaired) electrons. The minimum Gasteiger partial charge on any atom is -0.343 e. The number of piperazine rings is 1. The number of unbranched alkanes of at least 4 members (excludes halogenated alkanes) is 1. The van der Waals surface area contributed by atoms with Crippen LogP contribution in [-0.2, 0) is 11.2 Å². The molecule has 1 aliphatic rings. The zero-order chi connectivity index (χ0) is 18.5. The first-order valence-corrected chi connectivity index (χ1v) is 9.95. The van der Waals surface area contributed by atoms with Gasteiger partial charge in [-0.15, -0.1) is 0 Å². The van der Waals surface area contributed by atoms with Crippen LogP contribution in [0.2, 0.25) is 0 Å². The fourth-order valence-electron chi connectivity index (χ4n) is 3.20. The van der Waals surface area contributed by atoms with E-state index in [9.17, 15) is 9.18 Å². The summed E-state index contributed by atoms with van der Waals surface area (Å²) in [7, 11) is 0. The van der Waals surface area contributed by atoms with Gasteiger partial charge in [-0.25, -0.2) is 9.37 Å². The molecule has 0 unspecified atom stereocenters. The van der Waals surface area contributed by atoms with Gasteiger partial charge in [0.2, 0.25) is 11.0 Å². The summed E-state index contributed by atoms with van der Waals surface area (Å²) in [6.45, 7) is 6.50. The summed E-state index contributed by atoms with van der Waals surface area (Å²) in [6.07, 6.45) is 3.24. The molecule has 0 aliphatic carbocycles. The molecular weight excluding hydrogens is 351 g/mol. The van der Waals surface area contributed by atoms with Crippen LogP contribution in [-0.4, -0.2) is 45.8 Å². The molecule has 1 aliphatic heterocycles. The summed E-state index contributed by atoms with van der Waals surface area (Å²) in [5.74, 6) is 0.778. The van der Waals surface area contributed by atoms with Crippen molar-refractivity contribution in [3.05, 3.63) is 41.5 Å². The van der Waals surface area contributed by atoms with Crippen LogP contribution in [0.1, 0.15) is 44.5 Å². The van der Waals surface area contributed by atoms with E-state index in [2.05, 4.69) is 28.1 Å². The number of benzene rings is 1. The summed E-state index contributed by atoms with van der Waals surface area (Å²) in [4.78, 5) is 21.1. The Balaban J connectivity index is 1.58. The summed E-state index contributed by atoms with van der Waals surface area (Å²) in [6, 6.07) is 6.62. The Labute approximate surface area is 158 Å². The maximum absolute atomic E-state index is 13.0. The van der Waals surface area contributed by atoms with Crippen LogP contribution in [0.25, 0.3) is 0 Å². The molecule has 1 aromatic carbocycles. The number of amides is 1. The molecule has 140 valence electrons. The van der Waals surface area contributed by atoms with Gasteiger partial charge < -0.3 is 9.80 Å². The van der Waals surface area contributed by atoms with Crippen molar-refractivity contribution in [3.63, 3.8) is 0 Å². The Morgan fingerprint density at radius 3 is 2.77 bits per heavy atom. The van der Waals surface area contributed by atoms with Gasteiger partial charge in [-0.05, 0) is 31.0 Å². The standard InChI is InChI=1S/C19H25FN4OS/c1-3-4-5-18(25)24-11-10-23(13-14(24)2)19-21-17(22-26-19)12-15-6-8-16(20)9-7-15/h6-9,14H,3-5,10-13H2,1-2H3/t14-/m1/s1. The molecule has 0 saturated carbocycles. The van der Waals surface area contributed by atoms with Gasteiger partial charge in [-0.1, -0.05) is 25.5 Å². The lowest BCUT2D eigenvalue weighted by Crippen LogP contribution is -2.54. The van der Waals surface area contributed by atoms with Crippen molar-refractivity contribution in [3.8, 4) is 0 Å². The van der Waals surface area contributed by atoms with Crippen molar-refractivity contribution in [1.82, 2.24) is 14.3 Å². The van der Waals surface area contributed by atoms with E-state index in [0.29, 0.717) is 12.8 Å². The molecule has 0 bridgehead atoms. The zero-order valence-electron chi connectivity index (χ0n) is 15.3. The molecule has 1 aromatic heterocycles. The van der Waals surface area contributed by atoms with Crippen molar-refractivity contribution in [2.75, 3.05) is 24.5 Å². The van der Waals surface area contributed by atoms with Gasteiger partial charge in [-0.2, -0.15) is 4.37 Å². The topological polar surface area (TPSA) is 49.3 Å². The van der Waals surface area contributed by atoms with Crippen molar-refractivity contribution >= 4 is 22.6 Å². The first kappa shape index (κ1) is 18.8. The predicted molar refractivity (Wildman–Crippen MR) is 102 cm³/mol. The van der Waals surface area contributed by atoms with Crippen molar-refractivity contribution in [1.29, 1.82) is 0 Å². The van der Waals surface area contributed by atoms with E-state index in [1.165, 1.54) is 23.7 Å². The lowest BCUT2D eigenvalue weighted by molar-refractivity contribution is -0.133. The van der Waals surface area contributed by atoms with Gasteiger partial charge in [0.25, 0.3) is 0 Å². The molecule has 0 spiro atoms. The minimum absolute atomic E-state index is 0.178. The maximum Gasteiger partial charge on any atom is 0.222 e. The Morgan fingerprint density at radius 1 is 1.31 bits per heavy atom. The number of nitrogens with zero attached hydrogens (tertiary/aromatic N) is 4. The fraction of sp³-hybridized carbons (Fsp3) is 0.526. The SMILES string of the molecule is CCCCC(=O)N1CCN(c2nc(Cc3ccc(F)cc3)ns2)C[C@H]1C. The third-order valence-electron chi connectivity index (χ3n) is 4.70. The van der Waals surface area contributed by atoms with Gasteiger partial charge >= 0.3 is 0 Å². The number of aromatic nitrogens is 2. The Bertz CT molecular complexity index is 733. The molecule has 1 atom stereocenters. The Hall–Kier alpha value is -2.02. The summed E-state index contributed by atoms with van der Waals surface area (Å²) >= 11 is 1.39. The Kier molecular flexibility index (Phi) is 6.19. The lowest BCUT2D eigenvalue weighted by Gasteiger charge is -2.39. The fourth-order valence-corrected chi connectivity index (χ4v) is 3.92. The molecular formula is C19H25FN4OS. The van der Waals surface area contributed by atoms with Crippen LogP contribution < -0.4 is 4.90 Å². The van der Waals surface area contributed by atoms with Crippen molar-refractivity contribution in [2.24, 2.45) is 0 Å². The minimum atomic E-state index is -0.235. The van der Waals surface area contributed by atoms with Crippen molar-refractivity contribution < 1.29 is 9.18 Å². The average Bonchev–Trinajstić information content (AvgIpc) is 3.10. The number of anilines is 1. The second-order valence-electron chi connectivity index (χ2n) is 6.78. The number of carbonyl (C=O) groups excluding carboxylic acids is 1. The van der Waals surface area contributed by atoms with Gasteiger partial charge in [-0.3, -0.25) is 4.79 Å². The summed E-state index contributed by atoms with van der Waals surface area (Å²) < 4.78 is 17.4. The quantitative estimate of drug-likeness (QED) is 0.774. The molecule has 2 heterocycles. The van der Waals surface area contributed by atoms with E-state index in [1.807, 2.05) is 4.90 Å². The van der Waals surface area contributed by atoms with E-state index >= 15 is 0 Å². The van der Waals surface area contributed by atoms with Crippen LogP contribution in [0, 0.1) is 5.82 Å². The predicted octanol–water partition coefficient (Wildman–Crippen LogP) is 3.50. The molecule has 0 N–H and O–H groups in total. The van der Waals surface area contributed by atoms with Crippen LogP contribution in [0.15, 0.2) is 24.3 Å². The smallest absolute Gasteiger partial charge is 0.222 e. The molecule has 7 heteroatoms. The van der Waals surface area contributed by atoms with Crippen LogP contribution in [0.5, 0.6) is 0 Å². The second-order valence-corrected chi connectivity index (χ2v) is 7.51. The maximum atomic E-state index is 13.0. The average molecular weight is 377 g/mol. The van der Waals surface area contributed by atoms with E-state index in [1.54, 1.807) is 12.1 Å². The van der Waals surface area contributed by atoms with Crippen molar-refractivity contribution in [2.45, 2.75) is 45.6 Å². The third kappa shape index (κ3) is 4.58. The number of carbonyl (C=O) groups is 1. The molecule has 5 nitrogen and oxygen atoms in total. The van der Waals surface area contributed by atoms with E-state index in [0.717, 1.165) is 49.0 Å². The Morgan fingerprint density at radius 2 is 2.08 bits per heavy atom. The third-order valence-corrected chi connectivity index (χ3v) is 5.51. The molecule has 2 aromatic rings. The molecule has 1 fully saturated rings. The highest BCUT2D eigenvalue weighted by Crippen LogP contribution is 2.23. The largest absolute Gasteiger partial charge is 0.343 e. The van der Waals surface area contributed by atoms with Crippen LogP contribution in [0.4, 0.5) is 9.52 Å². The number of hydrogen-bond donors (Lipinski definition) is 0. The summed E-state index contributed by atoms with van der Waals surface area (Å²) in [5.41, 5.74) is 0.996. The highest BCUT2D eigenvalue weighted by atomic mass is 32.1.